The molecule has 1 aromatic carbocycles. The highest BCUT2D eigenvalue weighted by atomic mass is 16.3. The number of nitrogens with one attached hydrogen (secondary N) is 3. The van der Waals surface area contributed by atoms with Crippen LogP contribution in [0.3, 0.4) is 0 Å². The van der Waals surface area contributed by atoms with Crippen LogP contribution in [0, 0.1) is 0 Å². The van der Waals surface area contributed by atoms with E-state index < -0.39 is 0 Å². The SMILES string of the molecule is O=C(Nc1ccc2ncc(Nc3ccc(O)cc3)nc2n1)NC1CCCC1. The molecule has 4 rings (SSSR count). The third-order valence-electron chi connectivity index (χ3n) is 4.48. The van der Waals surface area contributed by atoms with E-state index in [9.17, 15) is 9.90 Å². The molecule has 1 aliphatic carbocycles. The number of phenols is 1. The number of carbonyl (C=O) groups excluding carboxylic acids is 1. The van der Waals surface area contributed by atoms with Gasteiger partial charge in [0.15, 0.2) is 11.5 Å². The van der Waals surface area contributed by atoms with E-state index in [1.807, 2.05) is 0 Å². The number of benzene rings is 1. The highest BCUT2D eigenvalue weighted by Crippen LogP contribution is 2.20. The number of amides is 2. The first-order chi connectivity index (χ1) is 13.2. The molecule has 0 atom stereocenters. The molecule has 0 aliphatic heterocycles. The summed E-state index contributed by atoms with van der Waals surface area (Å²) < 4.78 is 0. The molecule has 2 aromatic heterocycles. The number of phenolic OH excluding ortho intramolecular Hbond substituents is 1. The lowest BCUT2D eigenvalue weighted by Gasteiger charge is -2.12. The first-order valence-corrected chi connectivity index (χ1v) is 8.93. The van der Waals surface area contributed by atoms with E-state index in [1.54, 1.807) is 42.6 Å². The summed E-state index contributed by atoms with van der Waals surface area (Å²) >= 11 is 0. The van der Waals surface area contributed by atoms with Crippen molar-refractivity contribution in [2.24, 2.45) is 0 Å². The lowest BCUT2D eigenvalue weighted by molar-refractivity contribution is 0.248. The second-order valence-corrected chi connectivity index (χ2v) is 6.55. The summed E-state index contributed by atoms with van der Waals surface area (Å²) in [5.74, 6) is 1.14. The molecule has 2 heterocycles. The van der Waals surface area contributed by atoms with Gasteiger partial charge in [-0.05, 0) is 49.2 Å². The van der Waals surface area contributed by atoms with Crippen molar-refractivity contribution in [3.63, 3.8) is 0 Å². The van der Waals surface area contributed by atoms with Gasteiger partial charge in [-0.25, -0.2) is 19.7 Å². The Morgan fingerprint density at radius 2 is 1.74 bits per heavy atom. The van der Waals surface area contributed by atoms with Crippen LogP contribution in [-0.2, 0) is 0 Å². The van der Waals surface area contributed by atoms with E-state index in [4.69, 9.17) is 0 Å². The zero-order valence-corrected chi connectivity index (χ0v) is 14.6. The lowest BCUT2D eigenvalue weighted by atomic mass is 10.2. The second-order valence-electron chi connectivity index (χ2n) is 6.55. The van der Waals surface area contributed by atoms with Crippen LogP contribution in [0.5, 0.6) is 5.75 Å². The summed E-state index contributed by atoms with van der Waals surface area (Å²) in [6, 6.07) is 10.1. The van der Waals surface area contributed by atoms with Gasteiger partial charge in [-0.15, -0.1) is 0 Å². The summed E-state index contributed by atoms with van der Waals surface area (Å²) in [6.07, 6.45) is 5.97. The van der Waals surface area contributed by atoms with Gasteiger partial charge in [-0.2, -0.15) is 0 Å². The van der Waals surface area contributed by atoms with Crippen molar-refractivity contribution < 1.29 is 9.90 Å². The lowest BCUT2D eigenvalue weighted by Crippen LogP contribution is -2.36. The van der Waals surface area contributed by atoms with Crippen LogP contribution < -0.4 is 16.0 Å². The van der Waals surface area contributed by atoms with Gasteiger partial charge >= 0.3 is 6.03 Å². The maximum atomic E-state index is 12.1. The number of pyridine rings is 1. The Bertz CT molecular complexity index is 954. The van der Waals surface area contributed by atoms with Crippen LogP contribution in [-0.4, -0.2) is 32.1 Å². The Morgan fingerprint density at radius 3 is 2.52 bits per heavy atom. The fraction of sp³-hybridized carbons (Fsp3) is 0.263. The predicted molar refractivity (Wildman–Crippen MR) is 103 cm³/mol. The van der Waals surface area contributed by atoms with Gasteiger partial charge in [0.2, 0.25) is 0 Å². The smallest absolute Gasteiger partial charge is 0.320 e. The van der Waals surface area contributed by atoms with Crippen molar-refractivity contribution in [2.45, 2.75) is 31.7 Å². The Morgan fingerprint density at radius 1 is 1.00 bits per heavy atom. The number of aromatic nitrogens is 3. The summed E-state index contributed by atoms with van der Waals surface area (Å²) in [5, 5.41) is 18.2. The van der Waals surface area contributed by atoms with E-state index in [0.717, 1.165) is 31.4 Å². The van der Waals surface area contributed by atoms with Crippen LogP contribution in [0.2, 0.25) is 0 Å². The molecule has 1 aliphatic rings. The molecular formula is C19H20N6O2. The van der Waals surface area contributed by atoms with E-state index >= 15 is 0 Å². The number of anilines is 3. The number of carbonyl (C=O) groups is 1. The highest BCUT2D eigenvalue weighted by molar-refractivity contribution is 5.89. The summed E-state index contributed by atoms with van der Waals surface area (Å²) in [4.78, 5) is 25.3. The largest absolute Gasteiger partial charge is 0.508 e. The van der Waals surface area contributed by atoms with Gasteiger partial charge in [0.25, 0.3) is 0 Å². The average molecular weight is 364 g/mol. The average Bonchev–Trinajstić information content (AvgIpc) is 3.16. The maximum absolute atomic E-state index is 12.1. The van der Waals surface area contributed by atoms with Crippen molar-refractivity contribution >= 4 is 34.5 Å². The molecule has 27 heavy (non-hydrogen) atoms. The van der Waals surface area contributed by atoms with E-state index in [-0.39, 0.29) is 17.8 Å². The maximum Gasteiger partial charge on any atom is 0.320 e. The number of aromatic hydroxyl groups is 1. The number of rotatable bonds is 4. The minimum Gasteiger partial charge on any atom is -0.508 e. The normalized spacial score (nSPS) is 14.2. The van der Waals surface area contributed by atoms with Crippen LogP contribution in [0.25, 0.3) is 11.2 Å². The molecule has 0 spiro atoms. The minimum atomic E-state index is -0.250. The fourth-order valence-electron chi connectivity index (χ4n) is 3.13. The third kappa shape index (κ3) is 4.22. The van der Waals surface area contributed by atoms with Crippen LogP contribution in [0.4, 0.5) is 22.1 Å². The Hall–Kier alpha value is -3.42. The van der Waals surface area contributed by atoms with Gasteiger partial charge in [-0.3, -0.25) is 5.32 Å². The molecule has 3 aromatic rings. The number of fused-ring (bicyclic) bond motifs is 1. The number of nitrogens with zero attached hydrogens (tertiary/aromatic N) is 3. The Labute approximate surface area is 156 Å². The van der Waals surface area contributed by atoms with Gasteiger partial charge in [0.05, 0.1) is 6.20 Å². The van der Waals surface area contributed by atoms with Gasteiger partial charge < -0.3 is 15.7 Å². The molecule has 0 unspecified atom stereocenters. The minimum absolute atomic E-state index is 0.193. The van der Waals surface area contributed by atoms with Crippen molar-refractivity contribution in [1.82, 2.24) is 20.3 Å². The topological polar surface area (TPSA) is 112 Å². The number of hydrogen-bond donors (Lipinski definition) is 4. The summed E-state index contributed by atoms with van der Waals surface area (Å²) in [5.41, 5.74) is 1.83. The van der Waals surface area contributed by atoms with Crippen molar-refractivity contribution in [1.29, 1.82) is 0 Å². The van der Waals surface area contributed by atoms with E-state index in [0.29, 0.717) is 22.8 Å². The monoisotopic (exact) mass is 364 g/mol. The number of hydrogen-bond acceptors (Lipinski definition) is 6. The standard InChI is InChI=1S/C19H20N6O2/c26-14-7-5-13(6-8-14)21-17-11-20-15-9-10-16(23-18(15)24-17)25-19(27)22-12-3-1-2-4-12/h5-12,26H,1-4H2,(H3,21,22,23,24,25,27). The number of urea groups is 1. The molecule has 8 heteroatoms. The van der Waals surface area contributed by atoms with E-state index in [1.165, 1.54) is 0 Å². The van der Waals surface area contributed by atoms with E-state index in [2.05, 4.69) is 30.9 Å². The first kappa shape index (κ1) is 17.0. The van der Waals surface area contributed by atoms with Gasteiger partial charge in [0.1, 0.15) is 17.1 Å². The molecule has 4 N–H and O–H groups in total. The first-order valence-electron chi connectivity index (χ1n) is 8.93. The van der Waals surface area contributed by atoms with Crippen LogP contribution >= 0.6 is 0 Å². The molecule has 0 saturated heterocycles. The predicted octanol–water partition coefficient (Wildman–Crippen LogP) is 3.54. The Kier molecular flexibility index (Phi) is 4.69. The quantitative estimate of drug-likeness (QED) is 0.527. The zero-order chi connectivity index (χ0) is 18.6. The molecule has 2 amide bonds. The zero-order valence-electron chi connectivity index (χ0n) is 14.6. The molecule has 0 radical (unpaired) electrons. The van der Waals surface area contributed by atoms with Crippen molar-refractivity contribution in [3.8, 4) is 5.75 Å². The molecule has 138 valence electrons. The fourth-order valence-corrected chi connectivity index (χ4v) is 3.13. The summed E-state index contributed by atoms with van der Waals surface area (Å²) in [7, 11) is 0. The Balaban J connectivity index is 1.48. The van der Waals surface area contributed by atoms with Crippen molar-refractivity contribution in [2.75, 3.05) is 10.6 Å². The molecule has 0 bridgehead atoms. The molecule has 8 nitrogen and oxygen atoms in total. The molecular weight excluding hydrogens is 344 g/mol. The van der Waals surface area contributed by atoms with Crippen molar-refractivity contribution in [3.05, 3.63) is 42.6 Å². The van der Waals surface area contributed by atoms with Crippen LogP contribution in [0.15, 0.2) is 42.6 Å². The third-order valence-corrected chi connectivity index (χ3v) is 4.48. The second kappa shape index (κ2) is 7.45. The molecule has 1 fully saturated rings. The highest BCUT2D eigenvalue weighted by Gasteiger charge is 2.17. The van der Waals surface area contributed by atoms with Gasteiger partial charge in [0, 0.05) is 11.7 Å². The summed E-state index contributed by atoms with van der Waals surface area (Å²) in [6.45, 7) is 0. The van der Waals surface area contributed by atoms with Gasteiger partial charge in [-0.1, -0.05) is 12.8 Å². The molecule has 1 saturated carbocycles. The van der Waals surface area contributed by atoms with Crippen LogP contribution in [0.1, 0.15) is 25.7 Å².